The molecule has 2 atom stereocenters. The van der Waals surface area contributed by atoms with Crippen molar-refractivity contribution in [1.82, 2.24) is 0 Å². The minimum absolute atomic E-state index is 0.209. The number of aliphatic hydroxyl groups excluding tert-OH is 1. The van der Waals surface area contributed by atoms with Crippen LogP contribution in [0.2, 0.25) is 0 Å². The third kappa shape index (κ3) is 3.67. The quantitative estimate of drug-likeness (QED) is 0.723. The van der Waals surface area contributed by atoms with Gasteiger partial charge in [0.2, 0.25) is 0 Å². The molecule has 1 aromatic rings. The van der Waals surface area contributed by atoms with Gasteiger partial charge in [-0.15, -0.1) is 0 Å². The molecule has 0 saturated carbocycles. The molecule has 19 heavy (non-hydrogen) atoms. The van der Waals surface area contributed by atoms with Crippen molar-refractivity contribution in [3.8, 4) is 5.75 Å². The van der Waals surface area contributed by atoms with E-state index in [2.05, 4.69) is 0 Å². The number of benzene rings is 1. The summed E-state index contributed by atoms with van der Waals surface area (Å²) in [7, 11) is 4.44. The molecule has 108 valence electrons. The molecular formula is C14H22O5. The fraction of sp³-hybridized carbons (Fsp3) is 0.571. The Labute approximate surface area is 113 Å². The van der Waals surface area contributed by atoms with E-state index in [4.69, 9.17) is 14.2 Å². The maximum atomic E-state index is 10.6. The summed E-state index contributed by atoms with van der Waals surface area (Å²) < 4.78 is 15.2. The van der Waals surface area contributed by atoms with E-state index in [-0.39, 0.29) is 6.42 Å². The Morgan fingerprint density at radius 3 is 2.00 bits per heavy atom. The van der Waals surface area contributed by atoms with E-state index in [1.807, 2.05) is 12.1 Å². The van der Waals surface area contributed by atoms with Gasteiger partial charge in [-0.1, -0.05) is 12.1 Å². The lowest BCUT2D eigenvalue weighted by molar-refractivity contribution is -0.244. The molecule has 0 aliphatic heterocycles. The van der Waals surface area contributed by atoms with Gasteiger partial charge >= 0.3 is 0 Å². The fourth-order valence-electron chi connectivity index (χ4n) is 2.00. The zero-order valence-corrected chi connectivity index (χ0v) is 11.8. The van der Waals surface area contributed by atoms with Gasteiger partial charge in [-0.2, -0.15) is 0 Å². The Hall–Kier alpha value is -1.14. The summed E-state index contributed by atoms with van der Waals surface area (Å²) in [4.78, 5) is 0. The van der Waals surface area contributed by atoms with Gasteiger partial charge in [0.25, 0.3) is 0 Å². The lowest BCUT2D eigenvalue weighted by Gasteiger charge is -2.36. The maximum absolute atomic E-state index is 10.6. The second kappa shape index (κ2) is 6.86. The lowest BCUT2D eigenvalue weighted by atomic mass is 9.89. The molecule has 1 aromatic carbocycles. The van der Waals surface area contributed by atoms with Gasteiger partial charge in [0, 0.05) is 20.6 Å². The second-order valence-corrected chi connectivity index (χ2v) is 4.50. The second-order valence-electron chi connectivity index (χ2n) is 4.50. The normalized spacial score (nSPS) is 16.2. The van der Waals surface area contributed by atoms with Gasteiger partial charge in [0.05, 0.1) is 13.2 Å². The van der Waals surface area contributed by atoms with Crippen LogP contribution in [0.25, 0.3) is 0 Å². The van der Waals surface area contributed by atoms with Gasteiger partial charge < -0.3 is 24.4 Å². The predicted octanol–water partition coefficient (Wildman–Crippen LogP) is 0.968. The molecule has 0 spiro atoms. The van der Waals surface area contributed by atoms with Crippen LogP contribution in [0.15, 0.2) is 24.3 Å². The Morgan fingerprint density at radius 1 is 1.11 bits per heavy atom. The van der Waals surface area contributed by atoms with Crippen molar-refractivity contribution in [1.29, 1.82) is 0 Å². The molecule has 1 rings (SSSR count). The predicted molar refractivity (Wildman–Crippen MR) is 71.1 cm³/mol. The van der Waals surface area contributed by atoms with E-state index in [1.165, 1.54) is 21.1 Å². The van der Waals surface area contributed by atoms with E-state index in [0.29, 0.717) is 0 Å². The maximum Gasteiger partial charge on any atom is 0.188 e. The van der Waals surface area contributed by atoms with E-state index in [9.17, 15) is 10.2 Å². The molecule has 0 unspecified atom stereocenters. The van der Waals surface area contributed by atoms with E-state index in [0.717, 1.165) is 11.3 Å². The molecule has 5 nitrogen and oxygen atoms in total. The summed E-state index contributed by atoms with van der Waals surface area (Å²) in [5.74, 6) is 0.736. The van der Waals surface area contributed by atoms with Crippen molar-refractivity contribution in [2.24, 2.45) is 0 Å². The molecular weight excluding hydrogens is 248 g/mol. The Morgan fingerprint density at radius 2 is 1.63 bits per heavy atom. The Balaban J connectivity index is 2.94. The molecule has 0 heterocycles. The number of hydrogen-bond acceptors (Lipinski definition) is 5. The van der Waals surface area contributed by atoms with E-state index >= 15 is 0 Å². The summed E-state index contributed by atoms with van der Waals surface area (Å²) in [5, 5.41) is 20.4. The summed E-state index contributed by atoms with van der Waals surface area (Å²) >= 11 is 0. The Bertz CT molecular complexity index is 372. The highest BCUT2D eigenvalue weighted by molar-refractivity contribution is 5.28. The van der Waals surface area contributed by atoms with Crippen LogP contribution in [-0.4, -0.2) is 49.5 Å². The van der Waals surface area contributed by atoms with Crippen LogP contribution < -0.4 is 4.74 Å². The molecule has 2 N–H and O–H groups in total. The first-order valence-corrected chi connectivity index (χ1v) is 6.07. The first-order valence-electron chi connectivity index (χ1n) is 6.07. The van der Waals surface area contributed by atoms with Crippen LogP contribution in [0.1, 0.15) is 12.5 Å². The van der Waals surface area contributed by atoms with Crippen LogP contribution in [0.3, 0.4) is 0 Å². The van der Waals surface area contributed by atoms with Crippen LogP contribution in [-0.2, 0) is 15.9 Å². The molecule has 0 radical (unpaired) electrons. The van der Waals surface area contributed by atoms with Crippen molar-refractivity contribution < 1.29 is 24.4 Å². The van der Waals surface area contributed by atoms with Gasteiger partial charge in [-0.05, 0) is 24.6 Å². The zero-order chi connectivity index (χ0) is 14.5. The SMILES string of the molecule is COc1ccc(C[C@](O)(C(OC)OC)[C@@H](C)O)cc1. The molecule has 0 aliphatic carbocycles. The third-order valence-electron chi connectivity index (χ3n) is 3.21. The van der Waals surface area contributed by atoms with E-state index in [1.54, 1.807) is 19.2 Å². The lowest BCUT2D eigenvalue weighted by Crippen LogP contribution is -2.54. The summed E-state index contributed by atoms with van der Waals surface area (Å²) in [6.45, 7) is 1.51. The highest BCUT2D eigenvalue weighted by atomic mass is 16.7. The molecule has 0 amide bonds. The molecule has 0 saturated heterocycles. The average Bonchev–Trinajstić information content (AvgIpc) is 2.40. The molecule has 0 fully saturated rings. The summed E-state index contributed by atoms with van der Waals surface area (Å²) in [6, 6.07) is 7.25. The number of hydrogen-bond donors (Lipinski definition) is 2. The first-order chi connectivity index (χ1) is 8.97. The van der Waals surface area contributed by atoms with Crippen LogP contribution in [0.4, 0.5) is 0 Å². The number of methoxy groups -OCH3 is 3. The topological polar surface area (TPSA) is 68.2 Å². The number of aliphatic hydroxyl groups is 2. The summed E-state index contributed by atoms with van der Waals surface area (Å²) in [6.07, 6.45) is -1.70. The largest absolute Gasteiger partial charge is 0.497 e. The van der Waals surface area contributed by atoms with Crippen molar-refractivity contribution >= 4 is 0 Å². The van der Waals surface area contributed by atoms with Crippen molar-refractivity contribution in [2.75, 3.05) is 21.3 Å². The molecule has 0 bridgehead atoms. The molecule has 0 aromatic heterocycles. The van der Waals surface area contributed by atoms with Gasteiger partial charge in [0.1, 0.15) is 11.4 Å². The van der Waals surface area contributed by atoms with E-state index < -0.39 is 18.0 Å². The van der Waals surface area contributed by atoms with Gasteiger partial charge in [0.15, 0.2) is 6.29 Å². The van der Waals surface area contributed by atoms with Crippen LogP contribution >= 0.6 is 0 Å². The highest BCUT2D eigenvalue weighted by Crippen LogP contribution is 2.25. The van der Waals surface area contributed by atoms with Gasteiger partial charge in [-0.3, -0.25) is 0 Å². The van der Waals surface area contributed by atoms with Crippen molar-refractivity contribution in [2.45, 2.75) is 31.3 Å². The smallest absolute Gasteiger partial charge is 0.188 e. The fourth-order valence-corrected chi connectivity index (χ4v) is 2.00. The number of ether oxygens (including phenoxy) is 3. The van der Waals surface area contributed by atoms with Crippen LogP contribution in [0.5, 0.6) is 5.75 Å². The monoisotopic (exact) mass is 270 g/mol. The average molecular weight is 270 g/mol. The summed E-state index contributed by atoms with van der Waals surface area (Å²) in [5.41, 5.74) is -0.666. The minimum atomic E-state index is -1.52. The van der Waals surface area contributed by atoms with Crippen molar-refractivity contribution in [3.63, 3.8) is 0 Å². The standard InChI is InChI=1S/C14H22O5/c1-10(15)14(16,13(18-3)19-4)9-11-5-7-12(17-2)8-6-11/h5-8,10,13,15-16H,9H2,1-4H3/t10-,14-/m1/s1. The zero-order valence-electron chi connectivity index (χ0n) is 11.8. The van der Waals surface area contributed by atoms with Crippen LogP contribution in [0, 0.1) is 0 Å². The molecule has 5 heteroatoms. The Kier molecular flexibility index (Phi) is 5.75. The third-order valence-corrected chi connectivity index (χ3v) is 3.21. The first kappa shape index (κ1) is 15.9. The molecule has 0 aliphatic rings. The van der Waals surface area contributed by atoms with Crippen molar-refractivity contribution in [3.05, 3.63) is 29.8 Å². The highest BCUT2D eigenvalue weighted by Gasteiger charge is 2.42. The minimum Gasteiger partial charge on any atom is -0.497 e. The van der Waals surface area contributed by atoms with Gasteiger partial charge in [-0.25, -0.2) is 0 Å². The number of rotatable bonds is 7.